The predicted molar refractivity (Wildman–Crippen MR) is 117 cm³/mol. The van der Waals surface area contributed by atoms with E-state index in [0.29, 0.717) is 17.8 Å². The summed E-state index contributed by atoms with van der Waals surface area (Å²) in [5.74, 6) is 0.411. The Kier molecular flexibility index (Phi) is 4.03. The smallest absolute Gasteiger partial charge is 0.238 e. The Bertz CT molecular complexity index is 1260. The van der Waals surface area contributed by atoms with E-state index in [0.717, 1.165) is 24.1 Å². The average molecular weight is 463 g/mol. The monoisotopic (exact) mass is 462 g/mol. The molecule has 3 aromatic rings. The molecule has 0 radical (unpaired) electrons. The third-order valence-corrected chi connectivity index (χ3v) is 8.72. The quantitative estimate of drug-likeness (QED) is 0.598. The van der Waals surface area contributed by atoms with Crippen LogP contribution in [0.1, 0.15) is 36.7 Å². The highest BCUT2D eigenvalue weighted by molar-refractivity contribution is 8.24. The highest BCUT2D eigenvalue weighted by Gasteiger charge is 2.59. The molecule has 6 rings (SSSR count). The van der Waals surface area contributed by atoms with Gasteiger partial charge in [0.15, 0.2) is 5.82 Å². The molecule has 2 fully saturated rings. The van der Waals surface area contributed by atoms with Crippen molar-refractivity contribution < 1.29 is 18.3 Å². The lowest BCUT2D eigenvalue weighted by molar-refractivity contribution is -0.120. The van der Waals surface area contributed by atoms with Crippen LogP contribution in [0, 0.1) is 5.82 Å². The van der Waals surface area contributed by atoms with Crippen molar-refractivity contribution in [3.05, 3.63) is 52.8 Å². The average Bonchev–Trinajstić information content (AvgIpc) is 3.26. The maximum absolute atomic E-state index is 15.0. The van der Waals surface area contributed by atoms with Crippen LogP contribution < -0.4 is 4.90 Å². The Balaban J connectivity index is 1.48. The number of carbonyl (C=O) groups is 1. The van der Waals surface area contributed by atoms with Crippen molar-refractivity contribution in [1.82, 2.24) is 14.5 Å². The maximum atomic E-state index is 15.0. The van der Waals surface area contributed by atoms with Gasteiger partial charge < -0.3 is 9.47 Å². The predicted octanol–water partition coefficient (Wildman–Crippen LogP) is 4.50. The summed E-state index contributed by atoms with van der Waals surface area (Å²) in [6.07, 6.45) is 5.51. The van der Waals surface area contributed by atoms with Gasteiger partial charge in [-0.3, -0.25) is 18.9 Å². The van der Waals surface area contributed by atoms with Crippen molar-refractivity contribution >= 4 is 44.8 Å². The molecule has 4 heterocycles. The molecule has 1 atom stereocenters. The SMILES string of the molecule is O=C1N(Cc2nc3cc(Cl)cc(F)c3n2[C@@H]2CCS(O)(O)C2)c2cnccc2C12CC2. The Morgan fingerprint density at radius 2 is 2.13 bits per heavy atom. The molecule has 7 nitrogen and oxygen atoms in total. The van der Waals surface area contributed by atoms with Crippen molar-refractivity contribution in [2.24, 2.45) is 0 Å². The highest BCUT2D eigenvalue weighted by Crippen LogP contribution is 2.57. The van der Waals surface area contributed by atoms with Gasteiger partial charge in [0.2, 0.25) is 5.91 Å². The Hall–Kier alpha value is -2.20. The fraction of sp³-hybridized carbons (Fsp3) is 0.381. The molecule has 31 heavy (non-hydrogen) atoms. The molecule has 0 bridgehead atoms. The van der Waals surface area contributed by atoms with Crippen LogP contribution >= 0.6 is 22.2 Å². The van der Waals surface area contributed by atoms with Crippen molar-refractivity contribution in [2.75, 3.05) is 16.4 Å². The fourth-order valence-electron chi connectivity index (χ4n) is 5.10. The first-order valence-electron chi connectivity index (χ1n) is 10.1. The largest absolute Gasteiger partial charge is 0.319 e. The molecule has 1 spiro atoms. The van der Waals surface area contributed by atoms with Crippen LogP contribution in [0.15, 0.2) is 30.6 Å². The summed E-state index contributed by atoms with van der Waals surface area (Å²) in [6, 6.07) is 4.41. The molecule has 2 aliphatic heterocycles. The Morgan fingerprint density at radius 3 is 2.84 bits per heavy atom. The third kappa shape index (κ3) is 2.83. The normalized spacial score (nSPS) is 24.2. The van der Waals surface area contributed by atoms with Gasteiger partial charge in [0.1, 0.15) is 11.3 Å². The zero-order valence-electron chi connectivity index (χ0n) is 16.5. The number of rotatable bonds is 3. The molecule has 1 amide bonds. The molecule has 1 saturated carbocycles. The summed E-state index contributed by atoms with van der Waals surface area (Å²) >= 11 is 6.06. The highest BCUT2D eigenvalue weighted by atomic mass is 35.5. The minimum atomic E-state index is -2.71. The molecule has 3 aliphatic rings. The first-order valence-corrected chi connectivity index (χ1v) is 12.4. The van der Waals surface area contributed by atoms with Gasteiger partial charge in [0.25, 0.3) is 0 Å². The van der Waals surface area contributed by atoms with Crippen molar-refractivity contribution in [1.29, 1.82) is 0 Å². The summed E-state index contributed by atoms with van der Waals surface area (Å²) in [7, 11) is -2.71. The lowest BCUT2D eigenvalue weighted by atomic mass is 9.99. The van der Waals surface area contributed by atoms with E-state index in [4.69, 9.17) is 11.6 Å². The number of carbonyl (C=O) groups excluding carboxylic acids is 1. The van der Waals surface area contributed by atoms with Crippen LogP contribution in [0.4, 0.5) is 10.1 Å². The van der Waals surface area contributed by atoms with Gasteiger partial charge in [-0.15, -0.1) is 0 Å². The fourth-order valence-corrected chi connectivity index (χ4v) is 7.05. The molecule has 2 N–H and O–H groups in total. The number of benzene rings is 1. The second kappa shape index (κ2) is 6.41. The van der Waals surface area contributed by atoms with Gasteiger partial charge in [0.05, 0.1) is 41.2 Å². The van der Waals surface area contributed by atoms with Gasteiger partial charge in [-0.05, 0) is 43.0 Å². The van der Waals surface area contributed by atoms with E-state index >= 15 is 0 Å². The minimum Gasteiger partial charge on any atom is -0.319 e. The Morgan fingerprint density at radius 1 is 1.32 bits per heavy atom. The van der Waals surface area contributed by atoms with E-state index in [-0.39, 0.29) is 40.5 Å². The standard InChI is InChI=1S/C21H20ClFN4O3S/c22-12-7-15(23)19-16(8-12)25-18(27(19)13-2-6-31(29,30)11-13)10-26-17-9-24-5-1-14(17)21(3-4-21)20(26)28/h1,5,7-9,13,29-30H,2-4,6,10-11H2/t13-/m1/s1. The van der Waals surface area contributed by atoms with Gasteiger partial charge in [-0.25, -0.2) is 9.37 Å². The third-order valence-electron chi connectivity index (χ3n) is 6.69. The second-order valence-electron chi connectivity index (χ2n) is 8.64. The van der Waals surface area contributed by atoms with Crippen LogP contribution in [0.25, 0.3) is 11.0 Å². The summed E-state index contributed by atoms with van der Waals surface area (Å²) in [4.78, 5) is 23.8. The lowest BCUT2D eigenvalue weighted by Crippen LogP contribution is -2.33. The van der Waals surface area contributed by atoms with Crippen LogP contribution in [-0.2, 0) is 16.8 Å². The van der Waals surface area contributed by atoms with E-state index in [2.05, 4.69) is 9.97 Å². The van der Waals surface area contributed by atoms with Crippen LogP contribution in [0.2, 0.25) is 5.02 Å². The number of imidazole rings is 1. The molecule has 1 saturated heterocycles. The summed E-state index contributed by atoms with van der Waals surface area (Å²) in [5.41, 5.74) is 1.95. The van der Waals surface area contributed by atoms with Crippen LogP contribution in [-0.4, -0.2) is 41.1 Å². The maximum Gasteiger partial charge on any atom is 0.238 e. The topological polar surface area (TPSA) is 91.5 Å². The van der Waals surface area contributed by atoms with E-state index < -0.39 is 21.8 Å². The summed E-state index contributed by atoms with van der Waals surface area (Å²) in [6.45, 7) is 0.153. The van der Waals surface area contributed by atoms with Gasteiger partial charge >= 0.3 is 0 Å². The van der Waals surface area contributed by atoms with E-state index in [1.807, 2.05) is 6.07 Å². The van der Waals surface area contributed by atoms with Gasteiger partial charge in [0, 0.05) is 17.0 Å². The minimum absolute atomic E-state index is 0.0170. The molecule has 1 aliphatic carbocycles. The molecular weight excluding hydrogens is 443 g/mol. The number of aromatic nitrogens is 3. The molecular formula is C21H20ClFN4O3S. The van der Waals surface area contributed by atoms with Crippen molar-refractivity contribution in [3.63, 3.8) is 0 Å². The zero-order valence-corrected chi connectivity index (χ0v) is 18.0. The molecule has 0 unspecified atom stereocenters. The number of pyridine rings is 1. The molecule has 2 aromatic heterocycles. The molecule has 1 aromatic carbocycles. The Labute approximate surface area is 184 Å². The number of fused-ring (bicyclic) bond motifs is 3. The number of hydrogen-bond donors (Lipinski definition) is 2. The van der Waals surface area contributed by atoms with E-state index in [9.17, 15) is 18.3 Å². The van der Waals surface area contributed by atoms with E-state index in [1.165, 1.54) is 6.07 Å². The first-order chi connectivity index (χ1) is 14.8. The number of anilines is 1. The number of nitrogens with zero attached hydrogens (tertiary/aromatic N) is 4. The second-order valence-corrected chi connectivity index (χ2v) is 11.4. The summed E-state index contributed by atoms with van der Waals surface area (Å²) < 4.78 is 37.1. The van der Waals surface area contributed by atoms with Gasteiger partial charge in [-0.1, -0.05) is 11.6 Å². The van der Waals surface area contributed by atoms with Crippen molar-refractivity contribution in [3.8, 4) is 0 Å². The van der Waals surface area contributed by atoms with Crippen molar-refractivity contribution in [2.45, 2.75) is 37.3 Å². The number of halogens is 2. The van der Waals surface area contributed by atoms with Crippen LogP contribution in [0.5, 0.6) is 0 Å². The number of amides is 1. The van der Waals surface area contributed by atoms with Crippen LogP contribution in [0.3, 0.4) is 0 Å². The molecule has 10 heteroatoms. The summed E-state index contributed by atoms with van der Waals surface area (Å²) in [5, 5.41) is 0.237. The zero-order chi connectivity index (χ0) is 21.5. The molecule has 162 valence electrons. The van der Waals surface area contributed by atoms with Gasteiger partial charge in [-0.2, -0.15) is 10.6 Å². The van der Waals surface area contributed by atoms with E-state index in [1.54, 1.807) is 27.9 Å². The lowest BCUT2D eigenvalue weighted by Gasteiger charge is -2.27. The first kappa shape index (κ1) is 19.5. The number of hydrogen-bond acceptors (Lipinski definition) is 5.